The normalized spacial score (nSPS) is 42.4. The fourth-order valence-corrected chi connectivity index (χ4v) is 4.72. The summed E-state index contributed by atoms with van der Waals surface area (Å²) in [4.78, 5) is 0. The molecule has 0 spiro atoms. The Kier molecular flexibility index (Phi) is 3.52. The van der Waals surface area contributed by atoms with Gasteiger partial charge in [-0.15, -0.1) is 0 Å². The van der Waals surface area contributed by atoms with E-state index < -0.39 is 0 Å². The molecule has 15 heavy (non-hydrogen) atoms. The molecule has 2 heterocycles. The lowest BCUT2D eigenvalue weighted by Gasteiger charge is -2.35. The van der Waals surface area contributed by atoms with Crippen molar-refractivity contribution < 1.29 is 0 Å². The first kappa shape index (κ1) is 11.6. The molecule has 0 N–H and O–H groups in total. The molecule has 0 radical (unpaired) electrons. The molecule has 2 aliphatic heterocycles. The molecule has 0 aromatic heterocycles. The third-order valence-corrected chi connectivity index (χ3v) is 5.15. The van der Waals surface area contributed by atoms with Gasteiger partial charge in [0, 0.05) is 0 Å². The van der Waals surface area contributed by atoms with Crippen molar-refractivity contribution in [1.82, 2.24) is 0 Å². The van der Waals surface area contributed by atoms with Crippen LogP contribution in [0.5, 0.6) is 0 Å². The molecule has 0 aromatic carbocycles. The van der Waals surface area contributed by atoms with E-state index in [9.17, 15) is 0 Å². The molecule has 0 saturated carbocycles. The predicted molar refractivity (Wildman–Crippen MR) is 72.1 cm³/mol. The standard InChI is InChI=1S/C13H26B2/c1-10-7-11(2)9-14(8-10)15-12(3)5-6-13(15)4/h10-13H,5-9H2,1-4H3. The van der Waals surface area contributed by atoms with E-state index in [0.717, 1.165) is 36.7 Å². The van der Waals surface area contributed by atoms with Gasteiger partial charge >= 0.3 is 0 Å². The van der Waals surface area contributed by atoms with E-state index in [0.29, 0.717) is 0 Å². The predicted octanol–water partition coefficient (Wildman–Crippen LogP) is 4.30. The summed E-state index contributed by atoms with van der Waals surface area (Å²) in [5.74, 6) is 3.97. The van der Waals surface area contributed by atoms with E-state index in [-0.39, 0.29) is 0 Å². The van der Waals surface area contributed by atoms with Gasteiger partial charge in [0.2, 0.25) is 0 Å². The summed E-state index contributed by atoms with van der Waals surface area (Å²) in [5.41, 5.74) is 0. The molecular weight excluding hydrogens is 178 g/mol. The van der Waals surface area contributed by atoms with Crippen LogP contribution < -0.4 is 0 Å². The van der Waals surface area contributed by atoms with Crippen LogP contribution in [0.4, 0.5) is 0 Å². The smallest absolute Gasteiger partial charge is 0.0777 e. The highest BCUT2D eigenvalue weighted by atomic mass is 14.2. The van der Waals surface area contributed by atoms with E-state index in [1.165, 1.54) is 31.9 Å². The van der Waals surface area contributed by atoms with Crippen molar-refractivity contribution in [2.24, 2.45) is 11.8 Å². The van der Waals surface area contributed by atoms with Crippen LogP contribution in [-0.2, 0) is 0 Å². The highest BCUT2D eigenvalue weighted by molar-refractivity contribution is 7.24. The van der Waals surface area contributed by atoms with Gasteiger partial charge in [0.25, 0.3) is 0 Å². The molecule has 4 unspecified atom stereocenters. The van der Waals surface area contributed by atoms with Crippen molar-refractivity contribution in [2.75, 3.05) is 0 Å². The van der Waals surface area contributed by atoms with Gasteiger partial charge in [-0.2, -0.15) is 0 Å². The molecule has 2 saturated heterocycles. The van der Waals surface area contributed by atoms with Gasteiger partial charge in [-0.1, -0.05) is 76.6 Å². The van der Waals surface area contributed by atoms with Crippen LogP contribution in [0, 0.1) is 11.8 Å². The fraction of sp³-hybridized carbons (Fsp3) is 1.00. The molecule has 2 heteroatoms. The highest BCUT2D eigenvalue weighted by Crippen LogP contribution is 2.43. The van der Waals surface area contributed by atoms with Crippen LogP contribution in [0.25, 0.3) is 0 Å². The Morgan fingerprint density at radius 1 is 0.800 bits per heavy atom. The van der Waals surface area contributed by atoms with Gasteiger partial charge in [-0.3, -0.25) is 0 Å². The Morgan fingerprint density at radius 3 is 1.73 bits per heavy atom. The molecule has 4 atom stereocenters. The van der Waals surface area contributed by atoms with E-state index in [1.54, 1.807) is 0 Å². The maximum Gasteiger partial charge on any atom is 0.116 e. The summed E-state index contributed by atoms with van der Waals surface area (Å²) in [6, 6.07) is 0. The van der Waals surface area contributed by atoms with Gasteiger partial charge in [0.15, 0.2) is 0 Å². The lowest BCUT2D eigenvalue weighted by Crippen LogP contribution is -2.43. The first-order chi connectivity index (χ1) is 7.08. The third kappa shape index (κ3) is 2.45. The molecule has 0 aliphatic carbocycles. The number of hydrogen-bond acceptors (Lipinski definition) is 0. The first-order valence-corrected chi connectivity index (χ1v) is 7.08. The molecule has 0 bridgehead atoms. The van der Waals surface area contributed by atoms with E-state index >= 15 is 0 Å². The quantitative estimate of drug-likeness (QED) is 0.558. The fourth-order valence-electron chi connectivity index (χ4n) is 4.72. The Hall–Kier alpha value is 0.130. The van der Waals surface area contributed by atoms with Crippen molar-refractivity contribution in [1.29, 1.82) is 0 Å². The summed E-state index contributed by atoms with van der Waals surface area (Å²) >= 11 is 0. The summed E-state index contributed by atoms with van der Waals surface area (Å²) in [6.45, 7) is 12.0. The maximum absolute atomic E-state index is 2.50. The summed E-state index contributed by atoms with van der Waals surface area (Å²) in [5, 5.41) is 0. The maximum atomic E-state index is 2.50. The van der Waals surface area contributed by atoms with Crippen LogP contribution in [-0.4, -0.2) is 13.2 Å². The van der Waals surface area contributed by atoms with Crippen LogP contribution in [0.1, 0.15) is 47.0 Å². The Balaban J connectivity index is 2.02. The molecule has 2 rings (SSSR count). The molecule has 2 fully saturated rings. The lowest BCUT2D eigenvalue weighted by atomic mass is 9.00. The molecular formula is C13H26B2. The van der Waals surface area contributed by atoms with Crippen molar-refractivity contribution >= 4 is 13.2 Å². The number of rotatable bonds is 1. The van der Waals surface area contributed by atoms with Crippen LogP contribution in [0.15, 0.2) is 0 Å². The number of hydrogen-bond donors (Lipinski definition) is 0. The minimum absolute atomic E-state index is 0.985. The van der Waals surface area contributed by atoms with E-state index in [1.807, 2.05) is 0 Å². The second-order valence-electron chi connectivity index (χ2n) is 6.79. The molecule has 0 aromatic rings. The highest BCUT2D eigenvalue weighted by Gasteiger charge is 2.43. The largest absolute Gasteiger partial charge is 0.116 e. The van der Waals surface area contributed by atoms with Crippen molar-refractivity contribution in [3.05, 3.63) is 0 Å². The van der Waals surface area contributed by atoms with Gasteiger partial charge in [0.1, 0.15) is 13.2 Å². The zero-order valence-corrected chi connectivity index (χ0v) is 11.0. The molecule has 84 valence electrons. The van der Waals surface area contributed by atoms with Crippen molar-refractivity contribution in [3.63, 3.8) is 0 Å². The minimum Gasteiger partial charge on any atom is -0.0777 e. The van der Waals surface area contributed by atoms with Crippen molar-refractivity contribution in [3.8, 4) is 0 Å². The topological polar surface area (TPSA) is 0 Å². The SMILES string of the molecule is CC1CB(B2C(C)CCC2C)CC(C)C1. The zero-order chi connectivity index (χ0) is 11.0. The lowest BCUT2D eigenvalue weighted by molar-refractivity contribution is 0.442. The van der Waals surface area contributed by atoms with Crippen molar-refractivity contribution in [2.45, 2.75) is 71.2 Å². The summed E-state index contributed by atoms with van der Waals surface area (Å²) in [7, 11) is 0. The Morgan fingerprint density at radius 2 is 1.27 bits per heavy atom. The van der Waals surface area contributed by atoms with Gasteiger partial charge in [-0.05, 0) is 6.42 Å². The van der Waals surface area contributed by atoms with Crippen LogP contribution in [0.2, 0.25) is 24.3 Å². The molecule has 2 aliphatic rings. The van der Waals surface area contributed by atoms with Gasteiger partial charge in [0.05, 0.1) is 0 Å². The first-order valence-electron chi connectivity index (χ1n) is 7.08. The molecule has 0 nitrogen and oxygen atoms in total. The second-order valence-corrected chi connectivity index (χ2v) is 6.79. The minimum atomic E-state index is 0.985. The average molecular weight is 204 g/mol. The van der Waals surface area contributed by atoms with Crippen LogP contribution >= 0.6 is 0 Å². The third-order valence-electron chi connectivity index (χ3n) is 5.15. The van der Waals surface area contributed by atoms with Gasteiger partial charge < -0.3 is 0 Å². The van der Waals surface area contributed by atoms with Gasteiger partial charge in [-0.25, -0.2) is 0 Å². The average Bonchev–Trinajstić information content (AvgIpc) is 2.44. The van der Waals surface area contributed by atoms with E-state index in [2.05, 4.69) is 27.7 Å². The summed E-state index contributed by atoms with van der Waals surface area (Å²) < 4.78 is 0. The Bertz CT molecular complexity index is 197. The monoisotopic (exact) mass is 204 g/mol. The second kappa shape index (κ2) is 4.55. The van der Waals surface area contributed by atoms with Crippen LogP contribution in [0.3, 0.4) is 0 Å². The summed E-state index contributed by atoms with van der Waals surface area (Å²) in [6.07, 6.45) is 7.50. The molecule has 0 amide bonds. The Labute approximate surface area is 96.7 Å². The van der Waals surface area contributed by atoms with E-state index in [4.69, 9.17) is 0 Å². The zero-order valence-electron chi connectivity index (χ0n) is 11.0.